The van der Waals surface area contributed by atoms with Crippen LogP contribution in [0.1, 0.15) is 18.4 Å². The van der Waals surface area contributed by atoms with Crippen molar-refractivity contribution >= 4 is 17.5 Å². The lowest BCUT2D eigenvalue weighted by molar-refractivity contribution is -0.142. The van der Waals surface area contributed by atoms with Crippen molar-refractivity contribution in [1.82, 2.24) is 4.90 Å². The molecule has 1 saturated heterocycles. The van der Waals surface area contributed by atoms with E-state index in [1.165, 1.54) is 12.1 Å². The fraction of sp³-hybridized carbons (Fsp3) is 0.462. The molecule has 19 heavy (non-hydrogen) atoms. The molecule has 1 aromatic carbocycles. The average molecular weight is 287 g/mol. The van der Waals surface area contributed by atoms with E-state index in [4.69, 9.17) is 17.3 Å². The Kier molecular flexibility index (Phi) is 4.08. The molecule has 1 aliphatic heterocycles. The lowest BCUT2D eigenvalue weighted by Crippen LogP contribution is -2.55. The normalized spacial score (nSPS) is 24.4. The van der Waals surface area contributed by atoms with Crippen molar-refractivity contribution < 1.29 is 14.3 Å². The van der Waals surface area contributed by atoms with Gasteiger partial charge in [0.25, 0.3) is 5.91 Å². The van der Waals surface area contributed by atoms with Crippen LogP contribution >= 0.6 is 11.6 Å². The summed E-state index contributed by atoms with van der Waals surface area (Å²) < 4.78 is 13.3. The molecule has 1 amide bonds. The third kappa shape index (κ3) is 3.23. The molecule has 1 unspecified atom stereocenters. The molecule has 1 heterocycles. The maximum atomic E-state index is 13.3. The first kappa shape index (κ1) is 14.2. The first-order chi connectivity index (χ1) is 8.90. The van der Waals surface area contributed by atoms with Crippen LogP contribution in [0.5, 0.6) is 0 Å². The smallest absolute Gasteiger partial charge is 0.250 e. The Balaban J connectivity index is 2.06. The topological polar surface area (TPSA) is 66.6 Å². The van der Waals surface area contributed by atoms with Gasteiger partial charge in [0.15, 0.2) is 5.60 Å². The third-order valence-corrected chi connectivity index (χ3v) is 3.71. The van der Waals surface area contributed by atoms with Gasteiger partial charge >= 0.3 is 0 Å². The number of carbonyl (C=O) groups excluding carboxylic acids is 1. The zero-order chi connectivity index (χ0) is 14.0. The van der Waals surface area contributed by atoms with Gasteiger partial charge in [-0.3, -0.25) is 9.69 Å². The van der Waals surface area contributed by atoms with E-state index in [-0.39, 0.29) is 11.6 Å². The Hall–Kier alpha value is -1.17. The quantitative estimate of drug-likeness (QED) is 0.880. The van der Waals surface area contributed by atoms with Gasteiger partial charge in [0, 0.05) is 13.1 Å². The van der Waals surface area contributed by atoms with Crippen molar-refractivity contribution in [3.63, 3.8) is 0 Å². The van der Waals surface area contributed by atoms with Crippen LogP contribution in [0.15, 0.2) is 18.2 Å². The van der Waals surface area contributed by atoms with Crippen LogP contribution in [0.2, 0.25) is 5.02 Å². The molecule has 0 aliphatic carbocycles. The van der Waals surface area contributed by atoms with Gasteiger partial charge in [0.2, 0.25) is 0 Å². The maximum Gasteiger partial charge on any atom is 0.250 e. The highest BCUT2D eigenvalue weighted by Crippen LogP contribution is 2.23. The molecule has 3 N–H and O–H groups in total. The SMILES string of the molecule is NC(=O)C1(O)CCCN(Cc2ccc(Cl)c(F)c2)C1. The Morgan fingerprint density at radius 1 is 1.58 bits per heavy atom. The molecular formula is C13H16ClFN2O2. The number of rotatable bonds is 3. The van der Waals surface area contributed by atoms with Crippen LogP contribution in [0.4, 0.5) is 4.39 Å². The maximum absolute atomic E-state index is 13.3. The van der Waals surface area contributed by atoms with Gasteiger partial charge in [0.1, 0.15) is 5.82 Å². The summed E-state index contributed by atoms with van der Waals surface area (Å²) in [6, 6.07) is 4.58. The molecule has 1 atom stereocenters. The minimum atomic E-state index is -1.48. The van der Waals surface area contributed by atoms with E-state index in [1.54, 1.807) is 6.07 Å². The first-order valence-corrected chi connectivity index (χ1v) is 6.47. The molecule has 4 nitrogen and oxygen atoms in total. The van der Waals surface area contributed by atoms with Crippen LogP contribution in [-0.4, -0.2) is 34.6 Å². The molecule has 1 aliphatic rings. The highest BCUT2D eigenvalue weighted by Gasteiger charge is 2.38. The molecular weight excluding hydrogens is 271 g/mol. The summed E-state index contributed by atoms with van der Waals surface area (Å²) in [5.74, 6) is -1.18. The third-order valence-electron chi connectivity index (χ3n) is 3.40. The Morgan fingerprint density at radius 3 is 2.95 bits per heavy atom. The number of nitrogens with two attached hydrogens (primary N) is 1. The second kappa shape index (κ2) is 5.45. The number of nitrogens with zero attached hydrogens (tertiary/aromatic N) is 1. The van der Waals surface area contributed by atoms with Gasteiger partial charge < -0.3 is 10.8 Å². The fourth-order valence-electron chi connectivity index (χ4n) is 2.36. The molecule has 104 valence electrons. The molecule has 0 radical (unpaired) electrons. The van der Waals surface area contributed by atoms with Gasteiger partial charge in [-0.1, -0.05) is 17.7 Å². The van der Waals surface area contributed by atoms with E-state index in [0.29, 0.717) is 19.4 Å². The number of likely N-dealkylation sites (tertiary alicyclic amines) is 1. The predicted molar refractivity (Wildman–Crippen MR) is 70.1 cm³/mol. The van der Waals surface area contributed by atoms with Crippen molar-refractivity contribution in [2.75, 3.05) is 13.1 Å². The monoisotopic (exact) mass is 286 g/mol. The van der Waals surface area contributed by atoms with Crippen LogP contribution < -0.4 is 5.73 Å². The van der Waals surface area contributed by atoms with Crippen molar-refractivity contribution in [3.8, 4) is 0 Å². The zero-order valence-corrected chi connectivity index (χ0v) is 11.2. The van der Waals surface area contributed by atoms with Crippen molar-refractivity contribution in [1.29, 1.82) is 0 Å². The van der Waals surface area contributed by atoms with Crippen molar-refractivity contribution in [2.45, 2.75) is 25.0 Å². The molecule has 2 rings (SSSR count). The second-order valence-electron chi connectivity index (χ2n) is 4.96. The number of aliphatic hydroxyl groups is 1. The fourth-order valence-corrected chi connectivity index (χ4v) is 2.47. The Morgan fingerprint density at radius 2 is 2.32 bits per heavy atom. The number of β-amino-alcohol motifs (C(OH)–C–C–N with tert-alkyl or cyclic N) is 1. The van der Waals surface area contributed by atoms with Gasteiger partial charge in [-0.15, -0.1) is 0 Å². The van der Waals surface area contributed by atoms with Crippen LogP contribution in [0, 0.1) is 5.82 Å². The first-order valence-electron chi connectivity index (χ1n) is 6.09. The van der Waals surface area contributed by atoms with Crippen molar-refractivity contribution in [2.24, 2.45) is 5.73 Å². The van der Waals surface area contributed by atoms with E-state index in [1.807, 2.05) is 4.90 Å². The number of piperidine rings is 1. The van der Waals surface area contributed by atoms with E-state index < -0.39 is 17.3 Å². The summed E-state index contributed by atoms with van der Waals surface area (Å²) in [7, 11) is 0. The summed E-state index contributed by atoms with van der Waals surface area (Å²) in [5.41, 5.74) is 4.47. The summed E-state index contributed by atoms with van der Waals surface area (Å²) in [5, 5.41) is 10.2. The number of hydrogen-bond acceptors (Lipinski definition) is 3. The minimum Gasteiger partial charge on any atom is -0.379 e. The second-order valence-corrected chi connectivity index (χ2v) is 5.37. The molecule has 1 aromatic rings. The number of carbonyl (C=O) groups is 1. The highest BCUT2D eigenvalue weighted by molar-refractivity contribution is 6.30. The molecule has 0 bridgehead atoms. The molecule has 0 saturated carbocycles. The number of hydrogen-bond donors (Lipinski definition) is 2. The summed E-state index contributed by atoms with van der Waals surface area (Å²) in [6.45, 7) is 1.36. The van der Waals surface area contributed by atoms with Gasteiger partial charge in [-0.2, -0.15) is 0 Å². The van der Waals surface area contributed by atoms with E-state index >= 15 is 0 Å². The standard InChI is InChI=1S/C13H16ClFN2O2/c14-10-3-2-9(6-11(10)15)7-17-5-1-4-13(19,8-17)12(16)18/h2-3,6,19H,1,4-5,7-8H2,(H2,16,18). The van der Waals surface area contributed by atoms with Crippen molar-refractivity contribution in [3.05, 3.63) is 34.6 Å². The van der Waals surface area contributed by atoms with Crippen LogP contribution in [0.25, 0.3) is 0 Å². The number of benzene rings is 1. The van der Waals surface area contributed by atoms with Crippen LogP contribution in [0.3, 0.4) is 0 Å². The lowest BCUT2D eigenvalue weighted by atomic mass is 9.92. The Bertz CT molecular complexity index is 498. The van der Waals surface area contributed by atoms with Gasteiger partial charge in [-0.05, 0) is 37.1 Å². The number of halogens is 2. The molecule has 0 spiro atoms. The number of primary amides is 1. The summed E-state index contributed by atoms with van der Waals surface area (Å²) >= 11 is 5.62. The van der Waals surface area contributed by atoms with E-state index in [0.717, 1.165) is 12.1 Å². The summed E-state index contributed by atoms with van der Waals surface area (Å²) in [6.07, 6.45) is 1.04. The Labute approximate surface area is 116 Å². The average Bonchev–Trinajstić information content (AvgIpc) is 2.34. The predicted octanol–water partition coefficient (Wildman–Crippen LogP) is 1.29. The summed E-state index contributed by atoms with van der Waals surface area (Å²) in [4.78, 5) is 13.1. The molecule has 6 heteroatoms. The van der Waals surface area contributed by atoms with Crippen LogP contribution in [-0.2, 0) is 11.3 Å². The largest absolute Gasteiger partial charge is 0.379 e. The zero-order valence-electron chi connectivity index (χ0n) is 10.4. The van der Waals surface area contributed by atoms with E-state index in [2.05, 4.69) is 0 Å². The lowest BCUT2D eigenvalue weighted by Gasteiger charge is -2.37. The molecule has 0 aromatic heterocycles. The highest BCUT2D eigenvalue weighted by atomic mass is 35.5. The number of amides is 1. The van der Waals surface area contributed by atoms with Gasteiger partial charge in [0.05, 0.1) is 5.02 Å². The van der Waals surface area contributed by atoms with E-state index in [9.17, 15) is 14.3 Å². The minimum absolute atomic E-state index is 0.0797. The van der Waals surface area contributed by atoms with Gasteiger partial charge in [-0.25, -0.2) is 4.39 Å². The molecule has 1 fully saturated rings.